The van der Waals surface area contributed by atoms with E-state index in [1.54, 1.807) is 0 Å². The van der Waals surface area contributed by atoms with E-state index >= 15 is 0 Å². The van der Waals surface area contributed by atoms with Gasteiger partial charge >= 0.3 is 0 Å². The van der Waals surface area contributed by atoms with E-state index in [-0.39, 0.29) is 6.42 Å². The number of thioether (sulfide) groups is 1. The minimum Gasteiger partial charge on any atom is -0.325 e. The summed E-state index contributed by atoms with van der Waals surface area (Å²) in [6.45, 7) is 5.36. The zero-order valence-electron chi connectivity index (χ0n) is 19.1. The van der Waals surface area contributed by atoms with Crippen LogP contribution in [0.2, 0.25) is 0 Å². The molecule has 1 heterocycles. The van der Waals surface area contributed by atoms with Crippen LogP contribution in [-0.4, -0.2) is 50.4 Å². The first kappa shape index (κ1) is 25.7. The van der Waals surface area contributed by atoms with Crippen molar-refractivity contribution in [2.75, 3.05) is 30.4 Å². The fourth-order valence-electron chi connectivity index (χ4n) is 3.79. The topological polar surface area (TPSA) is 78.5 Å². The second-order valence-corrected chi connectivity index (χ2v) is 11.2. The summed E-state index contributed by atoms with van der Waals surface area (Å²) in [4.78, 5) is 14.9. The molecule has 1 fully saturated rings. The number of likely N-dealkylation sites (tertiary alicyclic amines) is 1. The Morgan fingerprint density at radius 3 is 2.45 bits per heavy atom. The van der Waals surface area contributed by atoms with Crippen molar-refractivity contribution in [3.05, 3.63) is 59.9 Å². The van der Waals surface area contributed by atoms with Gasteiger partial charge in [0.15, 0.2) is 0 Å². The highest BCUT2D eigenvalue weighted by molar-refractivity contribution is 7.98. The van der Waals surface area contributed by atoms with E-state index in [0.717, 1.165) is 31.6 Å². The number of nitrogens with zero attached hydrogens (tertiary/aromatic N) is 1. The minimum atomic E-state index is -4.19. The zero-order valence-corrected chi connectivity index (χ0v) is 20.7. The first-order chi connectivity index (χ1) is 15.8. The normalized spacial score (nSPS) is 16.5. The Hall–Kier alpha value is -1.94. The lowest BCUT2D eigenvalue weighted by Gasteiger charge is -2.30. The van der Waals surface area contributed by atoms with Crippen LogP contribution >= 0.6 is 11.8 Å². The summed E-state index contributed by atoms with van der Waals surface area (Å²) in [7, 11) is -4.19. The second kappa shape index (κ2) is 12.0. The van der Waals surface area contributed by atoms with Crippen molar-refractivity contribution in [1.82, 2.24) is 9.62 Å². The summed E-state index contributed by atoms with van der Waals surface area (Å²) in [5, 5.41) is 2.79. The van der Waals surface area contributed by atoms with E-state index in [1.807, 2.05) is 30.5 Å². The Balaban J connectivity index is 1.64. The molecule has 2 aromatic rings. The van der Waals surface area contributed by atoms with Crippen LogP contribution < -0.4 is 10.0 Å². The van der Waals surface area contributed by atoms with Gasteiger partial charge in [-0.3, -0.25) is 9.69 Å². The van der Waals surface area contributed by atoms with Gasteiger partial charge in [-0.25, -0.2) is 12.8 Å². The molecular weight excluding hydrogens is 461 g/mol. The van der Waals surface area contributed by atoms with Crippen molar-refractivity contribution < 1.29 is 17.6 Å². The molecule has 1 aliphatic rings. The van der Waals surface area contributed by atoms with Crippen LogP contribution in [0.1, 0.15) is 31.7 Å². The highest BCUT2D eigenvalue weighted by Crippen LogP contribution is 2.20. The molecule has 1 aliphatic heterocycles. The zero-order chi connectivity index (χ0) is 23.8. The Kier molecular flexibility index (Phi) is 9.31. The number of nitrogens with one attached hydrogen (secondary N) is 2. The number of hydrogen-bond acceptors (Lipinski definition) is 5. The lowest BCUT2D eigenvalue weighted by atomic mass is 9.99. The average Bonchev–Trinajstić information content (AvgIpc) is 2.79. The Labute approximate surface area is 200 Å². The molecule has 0 bridgehead atoms. The van der Waals surface area contributed by atoms with Crippen molar-refractivity contribution in [3.8, 4) is 0 Å². The van der Waals surface area contributed by atoms with Crippen molar-refractivity contribution in [1.29, 1.82) is 0 Å². The fourth-order valence-corrected chi connectivity index (χ4v) is 5.57. The lowest BCUT2D eigenvalue weighted by Crippen LogP contribution is -2.44. The molecule has 2 N–H and O–H groups in total. The van der Waals surface area contributed by atoms with Crippen molar-refractivity contribution in [3.63, 3.8) is 0 Å². The maximum absolute atomic E-state index is 14.0. The van der Waals surface area contributed by atoms with Crippen LogP contribution in [0.3, 0.4) is 0 Å². The summed E-state index contributed by atoms with van der Waals surface area (Å²) < 4.78 is 41.8. The maximum atomic E-state index is 14.0. The van der Waals surface area contributed by atoms with Gasteiger partial charge in [0.2, 0.25) is 15.9 Å². The highest BCUT2D eigenvalue weighted by Gasteiger charge is 2.27. The van der Waals surface area contributed by atoms with Gasteiger partial charge in [-0.1, -0.05) is 31.2 Å². The maximum Gasteiger partial charge on any atom is 0.244 e. The number of anilines is 1. The number of amides is 1. The van der Waals surface area contributed by atoms with Crippen LogP contribution in [0.15, 0.2) is 53.4 Å². The monoisotopic (exact) mass is 493 g/mol. The molecule has 0 saturated carbocycles. The molecule has 180 valence electrons. The number of hydrogen-bond donors (Lipinski definition) is 2. The van der Waals surface area contributed by atoms with Crippen molar-refractivity contribution in [2.24, 2.45) is 5.92 Å². The molecule has 33 heavy (non-hydrogen) atoms. The molecule has 9 heteroatoms. The van der Waals surface area contributed by atoms with Gasteiger partial charge in [0, 0.05) is 12.2 Å². The SMILES string of the molecule is CSCCC(NS(=O)(=O)c1ccccc1F)C(=O)Nc1ccc(CN2CCC(C)CC2)cc1. The van der Waals surface area contributed by atoms with Crippen LogP contribution in [-0.2, 0) is 21.4 Å². The number of piperidine rings is 1. The first-order valence-electron chi connectivity index (χ1n) is 11.2. The third kappa shape index (κ3) is 7.53. The predicted octanol–water partition coefficient (Wildman–Crippen LogP) is 4.10. The van der Waals surface area contributed by atoms with E-state index in [9.17, 15) is 17.6 Å². The highest BCUT2D eigenvalue weighted by atomic mass is 32.2. The number of benzene rings is 2. The molecule has 0 spiro atoms. The lowest BCUT2D eigenvalue weighted by molar-refractivity contribution is -0.117. The van der Waals surface area contributed by atoms with Crippen LogP contribution in [0.4, 0.5) is 10.1 Å². The number of rotatable bonds is 10. The third-order valence-corrected chi connectivity index (χ3v) is 8.00. The van der Waals surface area contributed by atoms with Crippen LogP contribution in [0.5, 0.6) is 0 Å². The van der Waals surface area contributed by atoms with E-state index in [0.29, 0.717) is 11.4 Å². The van der Waals surface area contributed by atoms with E-state index in [2.05, 4.69) is 21.9 Å². The van der Waals surface area contributed by atoms with Gasteiger partial charge in [-0.15, -0.1) is 0 Å². The summed E-state index contributed by atoms with van der Waals surface area (Å²) in [5.41, 5.74) is 1.76. The quantitative estimate of drug-likeness (QED) is 0.521. The Bertz CT molecular complexity index is 1020. The molecule has 1 unspecified atom stereocenters. The molecule has 1 atom stereocenters. The van der Waals surface area contributed by atoms with Crippen LogP contribution in [0, 0.1) is 11.7 Å². The minimum absolute atomic E-state index is 0.284. The second-order valence-electron chi connectivity index (χ2n) is 8.53. The molecular formula is C24H32FN3O3S2. The third-order valence-electron chi connectivity index (χ3n) is 5.85. The van der Waals surface area contributed by atoms with Gasteiger partial charge in [-0.2, -0.15) is 16.5 Å². The smallest absolute Gasteiger partial charge is 0.244 e. The Morgan fingerprint density at radius 2 is 1.82 bits per heavy atom. The van der Waals surface area contributed by atoms with Crippen molar-refractivity contribution >= 4 is 33.4 Å². The largest absolute Gasteiger partial charge is 0.325 e. The summed E-state index contributed by atoms with van der Waals surface area (Å²) >= 11 is 1.50. The molecule has 1 saturated heterocycles. The Morgan fingerprint density at radius 1 is 1.15 bits per heavy atom. The number of halogens is 1. The van der Waals surface area contributed by atoms with Gasteiger partial charge in [0.1, 0.15) is 16.8 Å². The summed E-state index contributed by atoms with van der Waals surface area (Å²) in [6, 6.07) is 11.7. The van der Waals surface area contributed by atoms with E-state index < -0.39 is 32.7 Å². The van der Waals surface area contributed by atoms with Gasteiger partial charge in [0.25, 0.3) is 0 Å². The molecule has 6 nitrogen and oxygen atoms in total. The number of carbonyl (C=O) groups excluding carboxylic acids is 1. The van der Waals surface area contributed by atoms with Gasteiger partial charge in [-0.05, 0) is 80.1 Å². The summed E-state index contributed by atoms with van der Waals surface area (Å²) in [5.74, 6) is 0.0360. The standard InChI is InChI=1S/C24H32FN3O3S2/c1-18-11-14-28(15-12-18)17-19-7-9-20(10-8-19)26-24(29)22(13-16-32-2)27-33(30,31)23-6-4-3-5-21(23)25/h3-10,18,22,27H,11-17H2,1-2H3,(H,26,29). The van der Waals surface area contributed by atoms with Crippen LogP contribution in [0.25, 0.3) is 0 Å². The van der Waals surface area contributed by atoms with Gasteiger partial charge < -0.3 is 5.32 Å². The molecule has 0 radical (unpaired) electrons. The number of sulfonamides is 1. The molecule has 0 aliphatic carbocycles. The van der Waals surface area contributed by atoms with Gasteiger partial charge in [0.05, 0.1) is 0 Å². The average molecular weight is 494 g/mol. The van der Waals surface area contributed by atoms with E-state index in [1.165, 1.54) is 48.4 Å². The number of carbonyl (C=O) groups is 1. The first-order valence-corrected chi connectivity index (χ1v) is 14.0. The van der Waals surface area contributed by atoms with E-state index in [4.69, 9.17) is 0 Å². The predicted molar refractivity (Wildman–Crippen MR) is 132 cm³/mol. The molecule has 1 amide bonds. The van der Waals surface area contributed by atoms with Crippen molar-refractivity contribution in [2.45, 2.75) is 43.7 Å². The fraction of sp³-hybridized carbons (Fsp3) is 0.458. The molecule has 2 aromatic carbocycles. The summed E-state index contributed by atoms with van der Waals surface area (Å²) in [6.07, 6.45) is 4.59. The molecule has 3 rings (SSSR count). The molecule has 0 aromatic heterocycles.